The molecule has 260 valence electrons. The van der Waals surface area contributed by atoms with E-state index in [2.05, 4.69) is 4.90 Å². The van der Waals surface area contributed by atoms with E-state index >= 15 is 0 Å². The standard InChI is InChI=1S/C34H47NO12/c1-7-35-15-30(16-42-3)19(37)13-20(43-4)33-23(30)22(44-5)21(25(33)35)34(47-17(2)36)24-27(46-29(39)18-11-9-8-10-12-18)31(40,14-32(24,33)41)28(45-6)26(34)38/h8-12,19-28,37-38,40-41H,7,13-16H2,1-6H3/t19-,20+,21+,22+,23-,24+,25?,26+,27-,28+,30+,31+,32+,33-,34+/m1/s1. The molecule has 5 aliphatic carbocycles. The summed E-state index contributed by atoms with van der Waals surface area (Å²) in [5.41, 5.74) is -8.15. The minimum atomic E-state index is -2.12. The van der Waals surface area contributed by atoms with Crippen molar-refractivity contribution in [3.05, 3.63) is 35.9 Å². The van der Waals surface area contributed by atoms with Crippen LogP contribution < -0.4 is 0 Å². The first-order valence-corrected chi connectivity index (χ1v) is 16.4. The number of ether oxygens (including phenoxy) is 6. The Hall–Kier alpha value is -2.20. The second-order valence-corrected chi connectivity index (χ2v) is 14.6. The van der Waals surface area contributed by atoms with Gasteiger partial charge in [0.05, 0.1) is 42.0 Å². The van der Waals surface area contributed by atoms with Crippen LogP contribution in [-0.2, 0) is 33.2 Å². The van der Waals surface area contributed by atoms with E-state index in [1.54, 1.807) is 37.4 Å². The van der Waals surface area contributed by atoms with Gasteiger partial charge in [-0.1, -0.05) is 25.1 Å². The summed E-state index contributed by atoms with van der Waals surface area (Å²) in [5, 5.41) is 51.1. The number of carbonyl (C=O) groups is 2. The number of likely N-dealkylation sites (tertiary alicyclic amines) is 1. The van der Waals surface area contributed by atoms with Crippen molar-refractivity contribution < 1.29 is 58.4 Å². The van der Waals surface area contributed by atoms with Crippen LogP contribution in [0.25, 0.3) is 0 Å². The first kappa shape index (κ1) is 33.3. The van der Waals surface area contributed by atoms with Gasteiger partial charge in [-0.2, -0.15) is 0 Å². The van der Waals surface area contributed by atoms with Crippen LogP contribution in [0.4, 0.5) is 0 Å². The molecule has 6 fully saturated rings. The largest absolute Gasteiger partial charge is 0.455 e. The molecule has 1 aliphatic heterocycles. The van der Waals surface area contributed by atoms with Crippen LogP contribution in [0.15, 0.2) is 30.3 Å². The van der Waals surface area contributed by atoms with E-state index in [1.165, 1.54) is 28.3 Å². The van der Waals surface area contributed by atoms with Crippen molar-refractivity contribution in [1.82, 2.24) is 4.90 Å². The number of piperidine rings is 1. The quantitative estimate of drug-likeness (QED) is 0.256. The fourth-order valence-corrected chi connectivity index (χ4v) is 12.3. The van der Waals surface area contributed by atoms with E-state index in [4.69, 9.17) is 28.4 Å². The number of hydrogen-bond donors (Lipinski definition) is 4. The maximum atomic E-state index is 13.8. The summed E-state index contributed by atoms with van der Waals surface area (Å²) < 4.78 is 36.9. The maximum absolute atomic E-state index is 13.8. The van der Waals surface area contributed by atoms with Gasteiger partial charge in [0.15, 0.2) is 5.60 Å². The molecule has 5 saturated carbocycles. The van der Waals surface area contributed by atoms with Crippen molar-refractivity contribution in [3.63, 3.8) is 0 Å². The van der Waals surface area contributed by atoms with Crippen molar-refractivity contribution in [1.29, 1.82) is 0 Å². The first-order valence-electron chi connectivity index (χ1n) is 16.4. The van der Waals surface area contributed by atoms with Crippen molar-refractivity contribution in [3.8, 4) is 0 Å². The third-order valence-electron chi connectivity index (χ3n) is 13.2. The van der Waals surface area contributed by atoms with E-state index in [-0.39, 0.29) is 18.6 Å². The molecule has 0 aromatic heterocycles. The molecule has 1 spiro atoms. The average Bonchev–Trinajstić information content (AvgIpc) is 3.39. The molecule has 1 heterocycles. The monoisotopic (exact) mass is 661 g/mol. The molecule has 1 aromatic carbocycles. The Kier molecular flexibility index (Phi) is 7.72. The van der Waals surface area contributed by atoms with Crippen LogP contribution in [0.3, 0.4) is 0 Å². The van der Waals surface area contributed by atoms with Gasteiger partial charge in [0, 0.05) is 83.5 Å². The second kappa shape index (κ2) is 10.9. The Morgan fingerprint density at radius 1 is 0.979 bits per heavy atom. The smallest absolute Gasteiger partial charge is 0.338 e. The van der Waals surface area contributed by atoms with E-state index in [0.29, 0.717) is 13.1 Å². The van der Waals surface area contributed by atoms with Crippen LogP contribution in [0.5, 0.6) is 0 Å². The van der Waals surface area contributed by atoms with E-state index in [9.17, 15) is 30.0 Å². The van der Waals surface area contributed by atoms with Crippen LogP contribution in [0.1, 0.15) is 37.0 Å². The number of carbonyl (C=O) groups excluding carboxylic acids is 2. The van der Waals surface area contributed by atoms with Gasteiger partial charge in [-0.3, -0.25) is 9.69 Å². The van der Waals surface area contributed by atoms with Gasteiger partial charge in [0.1, 0.15) is 23.9 Å². The Bertz CT molecular complexity index is 1410. The van der Waals surface area contributed by atoms with Crippen molar-refractivity contribution in [2.75, 3.05) is 48.1 Å². The van der Waals surface area contributed by atoms with Crippen LogP contribution in [0.2, 0.25) is 0 Å². The molecule has 47 heavy (non-hydrogen) atoms. The van der Waals surface area contributed by atoms with E-state index in [1.807, 2.05) is 6.92 Å². The van der Waals surface area contributed by atoms with E-state index < -0.39 is 106 Å². The van der Waals surface area contributed by atoms with Gasteiger partial charge >= 0.3 is 11.9 Å². The van der Waals surface area contributed by atoms with Crippen molar-refractivity contribution in [2.24, 2.45) is 28.6 Å². The van der Waals surface area contributed by atoms with Gasteiger partial charge in [0.25, 0.3) is 0 Å². The lowest BCUT2D eigenvalue weighted by Crippen LogP contribution is -2.85. The minimum Gasteiger partial charge on any atom is -0.455 e. The van der Waals surface area contributed by atoms with Gasteiger partial charge in [-0.15, -0.1) is 0 Å². The zero-order valence-corrected chi connectivity index (χ0v) is 27.7. The van der Waals surface area contributed by atoms with Gasteiger partial charge < -0.3 is 48.8 Å². The van der Waals surface area contributed by atoms with Crippen molar-refractivity contribution >= 4 is 11.9 Å². The van der Waals surface area contributed by atoms with Gasteiger partial charge in [0.2, 0.25) is 0 Å². The lowest BCUT2D eigenvalue weighted by Gasteiger charge is -2.72. The summed E-state index contributed by atoms with van der Waals surface area (Å²) in [6.45, 7) is 4.15. The number of rotatable bonds is 9. The summed E-state index contributed by atoms with van der Waals surface area (Å²) in [6.07, 6.45) is -7.38. The predicted octanol–water partition coefficient (Wildman–Crippen LogP) is -0.237. The maximum Gasteiger partial charge on any atom is 0.338 e. The lowest BCUT2D eigenvalue weighted by atomic mass is 9.40. The SMILES string of the molecule is CCN1C[C@]2(COC)[C@H](O)C[C@H](OC)[C@]34C1[C@H]([C@H](OC)[C@H]23)[C@]1(OC(C)=O)[C@H]2[C@@H](OC(=O)c3ccccc3)[C@@](O)(C[C@]24O)[C@@H](OC)[C@@H]1O. The highest BCUT2D eigenvalue weighted by Gasteiger charge is 2.96. The minimum absolute atomic E-state index is 0.119. The average molecular weight is 662 g/mol. The number of esters is 2. The molecule has 1 aromatic rings. The fraction of sp³-hybridized carbons (Fsp3) is 0.765. The number of benzene rings is 1. The lowest BCUT2D eigenvalue weighted by molar-refractivity contribution is -0.355. The fourth-order valence-electron chi connectivity index (χ4n) is 12.3. The highest BCUT2D eigenvalue weighted by Crippen LogP contribution is 2.81. The number of hydrogen-bond acceptors (Lipinski definition) is 13. The summed E-state index contributed by atoms with van der Waals surface area (Å²) in [6, 6.07) is 7.64. The Morgan fingerprint density at radius 2 is 1.68 bits per heavy atom. The summed E-state index contributed by atoms with van der Waals surface area (Å²) in [7, 11) is 5.94. The molecule has 15 atom stereocenters. The summed E-state index contributed by atoms with van der Waals surface area (Å²) in [5.74, 6) is -4.34. The highest BCUT2D eigenvalue weighted by atomic mass is 16.6. The number of aliphatic hydroxyl groups is 4. The molecule has 7 rings (SSSR count). The molecule has 4 N–H and O–H groups in total. The zero-order chi connectivity index (χ0) is 33.9. The van der Waals surface area contributed by atoms with Crippen LogP contribution in [-0.4, -0.2) is 145 Å². The number of nitrogens with zero attached hydrogens (tertiary/aromatic N) is 1. The number of aliphatic hydroxyl groups excluding tert-OH is 2. The van der Waals surface area contributed by atoms with E-state index in [0.717, 1.165) is 0 Å². The molecule has 7 bridgehead atoms. The molecule has 13 nitrogen and oxygen atoms in total. The molecular formula is C34H47NO12. The zero-order valence-electron chi connectivity index (χ0n) is 27.7. The Labute approximate surface area is 274 Å². The van der Waals surface area contributed by atoms with Gasteiger partial charge in [-0.05, 0) is 18.7 Å². The normalized spacial score (nSPS) is 50.7. The Morgan fingerprint density at radius 3 is 2.26 bits per heavy atom. The third-order valence-corrected chi connectivity index (χ3v) is 13.2. The molecule has 0 radical (unpaired) electrons. The van der Waals surface area contributed by atoms with Crippen molar-refractivity contribution in [2.45, 2.75) is 86.2 Å². The second-order valence-electron chi connectivity index (χ2n) is 14.6. The number of methoxy groups -OCH3 is 4. The highest BCUT2D eigenvalue weighted by molar-refractivity contribution is 5.89. The molecule has 1 saturated heterocycles. The summed E-state index contributed by atoms with van der Waals surface area (Å²) in [4.78, 5) is 29.2. The molecule has 13 heteroatoms. The predicted molar refractivity (Wildman–Crippen MR) is 162 cm³/mol. The molecule has 6 aliphatic rings. The van der Waals surface area contributed by atoms with Gasteiger partial charge in [-0.25, -0.2) is 4.79 Å². The number of fused-ring (bicyclic) bond motifs is 2. The summed E-state index contributed by atoms with van der Waals surface area (Å²) >= 11 is 0. The molecule has 1 unspecified atom stereocenters. The van der Waals surface area contributed by atoms with Crippen LogP contribution in [0, 0.1) is 28.6 Å². The molecule has 0 amide bonds. The third kappa shape index (κ3) is 3.65. The topological polar surface area (TPSA) is 174 Å². The van der Waals surface area contributed by atoms with Crippen LogP contribution >= 0.6 is 0 Å². The Balaban J connectivity index is 1.57. The molecular weight excluding hydrogens is 614 g/mol. The first-order chi connectivity index (χ1) is 22.3.